The number of halogens is 4. The van der Waals surface area contributed by atoms with Crippen molar-refractivity contribution in [2.45, 2.75) is 13.0 Å². The van der Waals surface area contributed by atoms with Crippen LogP contribution < -0.4 is 4.74 Å². The Morgan fingerprint density at radius 2 is 1.62 bits per heavy atom. The van der Waals surface area contributed by atoms with E-state index in [4.69, 9.17) is 60.0 Å². The van der Waals surface area contributed by atoms with Crippen LogP contribution in [0.3, 0.4) is 0 Å². The second kappa shape index (κ2) is 8.67. The molecule has 0 fully saturated rings. The van der Waals surface area contributed by atoms with E-state index in [-0.39, 0.29) is 12.5 Å². The molecular formula is C20H12Cl4N2O3. The van der Waals surface area contributed by atoms with Gasteiger partial charge in [0.2, 0.25) is 5.89 Å². The molecule has 4 rings (SSSR count). The van der Waals surface area contributed by atoms with Gasteiger partial charge in [-0.15, -0.1) is 10.2 Å². The van der Waals surface area contributed by atoms with E-state index in [9.17, 15) is 0 Å². The Balaban J connectivity index is 1.44. The molecule has 0 saturated heterocycles. The van der Waals surface area contributed by atoms with E-state index in [1.807, 2.05) is 18.2 Å². The number of ether oxygens (including phenoxy) is 1. The van der Waals surface area contributed by atoms with Gasteiger partial charge in [0.25, 0.3) is 5.89 Å². The summed E-state index contributed by atoms with van der Waals surface area (Å²) in [5, 5.41) is 9.80. The largest absolute Gasteiger partial charge is 0.483 e. The van der Waals surface area contributed by atoms with Crippen LogP contribution in [-0.2, 0) is 13.0 Å². The van der Waals surface area contributed by atoms with Crippen LogP contribution >= 0.6 is 46.4 Å². The minimum atomic E-state index is 0.116. The van der Waals surface area contributed by atoms with Crippen molar-refractivity contribution in [3.63, 3.8) is 0 Å². The van der Waals surface area contributed by atoms with Gasteiger partial charge in [0.05, 0.1) is 16.5 Å². The Morgan fingerprint density at radius 3 is 2.38 bits per heavy atom. The molecule has 0 unspecified atom stereocenters. The summed E-state index contributed by atoms with van der Waals surface area (Å²) in [5.41, 5.74) is 0.970. The van der Waals surface area contributed by atoms with Crippen molar-refractivity contribution in [1.82, 2.24) is 10.2 Å². The number of rotatable bonds is 6. The summed E-state index contributed by atoms with van der Waals surface area (Å²) in [4.78, 5) is 0. The lowest BCUT2D eigenvalue weighted by Crippen LogP contribution is -1.95. The Kier molecular flexibility index (Phi) is 6.01. The van der Waals surface area contributed by atoms with Crippen LogP contribution in [0.1, 0.15) is 17.2 Å². The lowest BCUT2D eigenvalue weighted by molar-refractivity contribution is 0.271. The first-order valence-corrected chi connectivity index (χ1v) is 9.92. The highest BCUT2D eigenvalue weighted by molar-refractivity contribution is 6.40. The third-order valence-corrected chi connectivity index (χ3v) is 4.92. The highest BCUT2D eigenvalue weighted by atomic mass is 35.5. The van der Waals surface area contributed by atoms with Crippen LogP contribution in [0.4, 0.5) is 0 Å². The van der Waals surface area contributed by atoms with Crippen molar-refractivity contribution in [3.8, 4) is 17.4 Å². The molecular weight excluding hydrogens is 458 g/mol. The summed E-state index contributed by atoms with van der Waals surface area (Å²) in [5.74, 6) is 2.03. The molecule has 0 bridgehead atoms. The molecule has 9 heteroatoms. The van der Waals surface area contributed by atoms with Crippen LogP contribution in [0.5, 0.6) is 5.75 Å². The molecule has 0 aliphatic heterocycles. The molecule has 2 heterocycles. The molecule has 0 radical (unpaired) electrons. The van der Waals surface area contributed by atoms with Crippen LogP contribution in [0.2, 0.25) is 20.1 Å². The lowest BCUT2D eigenvalue weighted by Gasteiger charge is -2.08. The molecule has 0 N–H and O–H groups in total. The van der Waals surface area contributed by atoms with Gasteiger partial charge >= 0.3 is 0 Å². The summed E-state index contributed by atoms with van der Waals surface area (Å²) in [6.45, 7) is 0.116. The maximum atomic E-state index is 6.12. The zero-order valence-electron chi connectivity index (χ0n) is 14.7. The van der Waals surface area contributed by atoms with Crippen molar-refractivity contribution < 1.29 is 13.6 Å². The lowest BCUT2D eigenvalue weighted by atomic mass is 10.1. The number of hydrogen-bond donors (Lipinski definition) is 0. The Hall–Kier alpha value is -2.18. The molecule has 4 aromatic rings. The average molecular weight is 470 g/mol. The van der Waals surface area contributed by atoms with Gasteiger partial charge in [-0.2, -0.15) is 0 Å². The first-order valence-electron chi connectivity index (χ1n) is 8.41. The number of hydrogen-bond acceptors (Lipinski definition) is 5. The third-order valence-electron chi connectivity index (χ3n) is 3.91. The fourth-order valence-corrected chi connectivity index (χ4v) is 3.77. The van der Waals surface area contributed by atoms with Gasteiger partial charge in [-0.05, 0) is 42.0 Å². The number of furan rings is 1. The highest BCUT2D eigenvalue weighted by Gasteiger charge is 2.15. The average Bonchev–Trinajstić information content (AvgIpc) is 3.30. The second-order valence-electron chi connectivity index (χ2n) is 6.06. The van der Waals surface area contributed by atoms with E-state index in [0.29, 0.717) is 49.7 Å². The van der Waals surface area contributed by atoms with Gasteiger partial charge in [0.15, 0.2) is 11.5 Å². The normalized spacial score (nSPS) is 11.0. The van der Waals surface area contributed by atoms with Gasteiger partial charge in [-0.3, -0.25) is 0 Å². The van der Waals surface area contributed by atoms with Crippen molar-refractivity contribution in [3.05, 3.63) is 85.8 Å². The van der Waals surface area contributed by atoms with Crippen molar-refractivity contribution in [2.75, 3.05) is 0 Å². The van der Waals surface area contributed by atoms with Crippen molar-refractivity contribution in [2.24, 2.45) is 0 Å². The Labute approximate surface area is 186 Å². The summed E-state index contributed by atoms with van der Waals surface area (Å²) in [6, 6.07) is 14.0. The molecule has 148 valence electrons. The van der Waals surface area contributed by atoms with Crippen LogP contribution in [0.25, 0.3) is 11.7 Å². The molecule has 5 nitrogen and oxygen atoms in total. The third kappa shape index (κ3) is 4.87. The van der Waals surface area contributed by atoms with E-state index in [1.165, 1.54) is 0 Å². The number of benzene rings is 2. The van der Waals surface area contributed by atoms with E-state index in [2.05, 4.69) is 10.2 Å². The minimum absolute atomic E-state index is 0.116. The maximum Gasteiger partial charge on any atom is 0.283 e. The van der Waals surface area contributed by atoms with Gasteiger partial charge in [0, 0.05) is 10.0 Å². The fraction of sp³-hybridized carbons (Fsp3) is 0.100. The summed E-state index contributed by atoms with van der Waals surface area (Å²) < 4.78 is 17.1. The van der Waals surface area contributed by atoms with E-state index < -0.39 is 0 Å². The molecule has 0 saturated carbocycles. The Bertz CT molecular complexity index is 1130. The maximum absolute atomic E-state index is 6.12. The number of aromatic nitrogens is 2. The first kappa shape index (κ1) is 20.1. The quantitative estimate of drug-likeness (QED) is 0.301. The predicted molar refractivity (Wildman–Crippen MR) is 112 cm³/mol. The first-order chi connectivity index (χ1) is 14.0. The zero-order chi connectivity index (χ0) is 20.4. The van der Waals surface area contributed by atoms with Crippen LogP contribution in [-0.4, -0.2) is 10.2 Å². The predicted octanol–water partition coefficient (Wildman–Crippen LogP) is 7.11. The molecule has 2 aromatic carbocycles. The van der Waals surface area contributed by atoms with Gasteiger partial charge in [-0.1, -0.05) is 58.5 Å². The van der Waals surface area contributed by atoms with Gasteiger partial charge in [0.1, 0.15) is 12.4 Å². The van der Waals surface area contributed by atoms with Gasteiger partial charge < -0.3 is 13.6 Å². The second-order valence-corrected chi connectivity index (χ2v) is 7.75. The Morgan fingerprint density at radius 1 is 0.828 bits per heavy atom. The molecule has 0 amide bonds. The van der Waals surface area contributed by atoms with Crippen molar-refractivity contribution >= 4 is 46.4 Å². The van der Waals surface area contributed by atoms with E-state index in [1.54, 1.807) is 30.3 Å². The van der Waals surface area contributed by atoms with Gasteiger partial charge in [-0.25, -0.2) is 0 Å². The summed E-state index contributed by atoms with van der Waals surface area (Å²) >= 11 is 24.1. The molecule has 0 aliphatic carbocycles. The van der Waals surface area contributed by atoms with E-state index >= 15 is 0 Å². The van der Waals surface area contributed by atoms with Crippen molar-refractivity contribution in [1.29, 1.82) is 0 Å². The molecule has 0 aliphatic rings. The standard InChI is InChI=1S/C20H12Cl4N2O3/c21-12-3-1-2-11(6-12)7-18-25-26-20(29-18)17-5-4-14(28-17)10-27-19-15(23)8-13(22)9-16(19)24/h1-6,8-9H,7,10H2. The number of nitrogens with zero attached hydrogens (tertiary/aromatic N) is 2. The SMILES string of the molecule is Clc1cccc(Cc2nnc(-c3ccc(COc4c(Cl)cc(Cl)cc4Cl)o3)o2)c1. The molecule has 0 spiro atoms. The highest BCUT2D eigenvalue weighted by Crippen LogP contribution is 2.36. The molecule has 0 atom stereocenters. The molecule has 29 heavy (non-hydrogen) atoms. The monoisotopic (exact) mass is 468 g/mol. The van der Waals surface area contributed by atoms with Crippen LogP contribution in [0.15, 0.2) is 57.4 Å². The summed E-state index contributed by atoms with van der Waals surface area (Å²) in [6.07, 6.45) is 0.470. The van der Waals surface area contributed by atoms with Crippen LogP contribution in [0, 0.1) is 0 Å². The topological polar surface area (TPSA) is 61.3 Å². The zero-order valence-corrected chi connectivity index (χ0v) is 17.7. The smallest absolute Gasteiger partial charge is 0.283 e. The molecule has 2 aromatic heterocycles. The minimum Gasteiger partial charge on any atom is -0.483 e. The fourth-order valence-electron chi connectivity index (χ4n) is 2.63. The summed E-state index contributed by atoms with van der Waals surface area (Å²) in [7, 11) is 0. The van der Waals surface area contributed by atoms with E-state index in [0.717, 1.165) is 5.56 Å².